The molecule has 0 heterocycles. The van der Waals surface area contributed by atoms with Crippen LogP contribution in [0.15, 0.2) is 0 Å². The van der Waals surface area contributed by atoms with Crippen molar-refractivity contribution in [3.05, 3.63) is 0 Å². The van der Waals surface area contributed by atoms with Crippen molar-refractivity contribution in [3.8, 4) is 0 Å². The molecule has 1 atom stereocenters. The molecule has 0 aliphatic carbocycles. The summed E-state index contributed by atoms with van der Waals surface area (Å²) in [6.07, 6.45) is 5.96. The van der Waals surface area contributed by atoms with Gasteiger partial charge in [-0.15, -0.1) is 0 Å². The molecule has 84 valence electrons. The Kier molecular flexibility index (Phi) is 8.64. The third-order valence-corrected chi connectivity index (χ3v) is 2.17. The molecule has 1 unspecified atom stereocenters. The second kappa shape index (κ2) is 9.00. The lowest BCUT2D eigenvalue weighted by Crippen LogP contribution is -2.25. The fourth-order valence-corrected chi connectivity index (χ4v) is 1.28. The number of carbonyl (C=O) groups is 1. The number of amides is 1. The molecule has 0 rings (SSSR count). The van der Waals surface area contributed by atoms with Gasteiger partial charge < -0.3 is 11.1 Å². The average Bonchev–Trinajstić information content (AvgIpc) is 2.13. The lowest BCUT2D eigenvalue weighted by Gasteiger charge is -2.06. The van der Waals surface area contributed by atoms with Gasteiger partial charge >= 0.3 is 0 Å². The highest BCUT2D eigenvalue weighted by Gasteiger charge is 2.00. The van der Waals surface area contributed by atoms with Gasteiger partial charge in [0.15, 0.2) is 0 Å². The van der Waals surface area contributed by atoms with Crippen molar-refractivity contribution >= 4 is 5.91 Å². The van der Waals surface area contributed by atoms with Crippen LogP contribution in [0.3, 0.4) is 0 Å². The molecule has 0 saturated heterocycles. The van der Waals surface area contributed by atoms with Gasteiger partial charge in [-0.2, -0.15) is 0 Å². The van der Waals surface area contributed by atoms with Gasteiger partial charge in [-0.3, -0.25) is 4.79 Å². The van der Waals surface area contributed by atoms with E-state index in [-0.39, 0.29) is 11.9 Å². The molecule has 0 saturated carbocycles. The lowest BCUT2D eigenvalue weighted by atomic mass is 10.2. The Hall–Kier alpha value is -0.570. The first-order valence-corrected chi connectivity index (χ1v) is 5.69. The number of hydrogen-bond acceptors (Lipinski definition) is 2. The van der Waals surface area contributed by atoms with Crippen LogP contribution in [0.5, 0.6) is 0 Å². The first-order chi connectivity index (χ1) is 6.66. The molecule has 0 spiro atoms. The molecule has 0 aromatic rings. The number of nitrogens with two attached hydrogens (primary N) is 1. The summed E-state index contributed by atoms with van der Waals surface area (Å²) in [5, 5.41) is 2.90. The molecule has 0 radical (unpaired) electrons. The summed E-state index contributed by atoms with van der Waals surface area (Å²) >= 11 is 0. The van der Waals surface area contributed by atoms with Crippen LogP contribution in [0.2, 0.25) is 0 Å². The third kappa shape index (κ3) is 9.52. The van der Waals surface area contributed by atoms with Crippen molar-refractivity contribution in [3.63, 3.8) is 0 Å². The molecule has 0 bridgehead atoms. The van der Waals surface area contributed by atoms with Crippen molar-refractivity contribution in [1.82, 2.24) is 5.32 Å². The maximum atomic E-state index is 11.2. The Bertz CT molecular complexity index is 146. The Morgan fingerprint density at radius 2 is 2.07 bits per heavy atom. The van der Waals surface area contributed by atoms with E-state index in [1.54, 1.807) is 0 Å². The molecule has 3 heteroatoms. The highest BCUT2D eigenvalue weighted by molar-refractivity contribution is 5.75. The zero-order valence-corrected chi connectivity index (χ0v) is 9.51. The van der Waals surface area contributed by atoms with Crippen molar-refractivity contribution in [1.29, 1.82) is 0 Å². The Morgan fingerprint density at radius 1 is 1.36 bits per heavy atom. The molecule has 0 fully saturated rings. The van der Waals surface area contributed by atoms with Crippen LogP contribution in [0.4, 0.5) is 0 Å². The first-order valence-electron chi connectivity index (χ1n) is 5.69. The largest absolute Gasteiger partial charge is 0.356 e. The fraction of sp³-hybridized carbons (Fsp3) is 0.909. The van der Waals surface area contributed by atoms with E-state index in [0.29, 0.717) is 6.42 Å². The molecule has 14 heavy (non-hydrogen) atoms. The van der Waals surface area contributed by atoms with E-state index < -0.39 is 0 Å². The molecule has 3 nitrogen and oxygen atoms in total. The standard InChI is InChI=1S/C11H24N2O/c1-3-4-5-8-11(14)13-9-6-7-10(2)12/h10H,3-9,12H2,1-2H3,(H,13,14). The van der Waals surface area contributed by atoms with Crippen LogP contribution in [0, 0.1) is 0 Å². The maximum absolute atomic E-state index is 11.2. The van der Waals surface area contributed by atoms with Crippen molar-refractivity contribution < 1.29 is 4.79 Å². The zero-order chi connectivity index (χ0) is 10.8. The minimum atomic E-state index is 0.183. The Balaban J connectivity index is 3.18. The number of nitrogens with one attached hydrogen (secondary N) is 1. The first kappa shape index (κ1) is 13.4. The van der Waals surface area contributed by atoms with E-state index in [9.17, 15) is 4.79 Å². The summed E-state index contributed by atoms with van der Waals surface area (Å²) in [6.45, 7) is 4.90. The molecular formula is C11H24N2O. The van der Waals surface area contributed by atoms with Gasteiger partial charge in [-0.1, -0.05) is 19.8 Å². The van der Waals surface area contributed by atoms with Crippen molar-refractivity contribution in [2.75, 3.05) is 6.54 Å². The number of unbranched alkanes of at least 4 members (excludes halogenated alkanes) is 2. The highest BCUT2D eigenvalue weighted by atomic mass is 16.1. The smallest absolute Gasteiger partial charge is 0.219 e. The zero-order valence-electron chi connectivity index (χ0n) is 9.51. The summed E-state index contributed by atoms with van der Waals surface area (Å²) in [4.78, 5) is 11.2. The monoisotopic (exact) mass is 200 g/mol. The van der Waals surface area contributed by atoms with E-state index in [2.05, 4.69) is 12.2 Å². The van der Waals surface area contributed by atoms with Gasteiger partial charge in [0.05, 0.1) is 0 Å². The van der Waals surface area contributed by atoms with E-state index in [0.717, 1.165) is 38.6 Å². The van der Waals surface area contributed by atoms with Gasteiger partial charge in [0.25, 0.3) is 0 Å². The van der Waals surface area contributed by atoms with E-state index in [1.807, 2.05) is 6.92 Å². The third-order valence-electron chi connectivity index (χ3n) is 2.17. The van der Waals surface area contributed by atoms with E-state index in [4.69, 9.17) is 5.73 Å². The predicted octanol–water partition coefficient (Wildman–Crippen LogP) is 1.81. The summed E-state index contributed by atoms with van der Waals surface area (Å²) in [7, 11) is 0. The molecule has 0 aliphatic heterocycles. The molecule has 0 aromatic heterocycles. The molecule has 0 aliphatic rings. The normalized spacial score (nSPS) is 12.5. The topological polar surface area (TPSA) is 55.1 Å². The van der Waals surface area contributed by atoms with Gasteiger partial charge in [0.2, 0.25) is 5.91 Å². The number of carbonyl (C=O) groups excluding carboxylic acids is 1. The SMILES string of the molecule is CCCCCC(=O)NCCCC(C)N. The average molecular weight is 200 g/mol. The van der Waals surface area contributed by atoms with Gasteiger partial charge in [-0.05, 0) is 26.2 Å². The number of rotatable bonds is 8. The van der Waals surface area contributed by atoms with Crippen LogP contribution in [-0.4, -0.2) is 18.5 Å². The molecular weight excluding hydrogens is 176 g/mol. The summed E-state index contributed by atoms with van der Waals surface area (Å²) in [5.74, 6) is 0.183. The fourth-order valence-electron chi connectivity index (χ4n) is 1.28. The molecule has 1 amide bonds. The Morgan fingerprint density at radius 3 is 2.64 bits per heavy atom. The van der Waals surface area contributed by atoms with Crippen LogP contribution < -0.4 is 11.1 Å². The van der Waals surface area contributed by atoms with Crippen LogP contribution >= 0.6 is 0 Å². The van der Waals surface area contributed by atoms with Gasteiger partial charge in [0.1, 0.15) is 0 Å². The quantitative estimate of drug-likeness (QED) is 0.587. The molecule has 3 N–H and O–H groups in total. The molecule has 0 aromatic carbocycles. The second-order valence-electron chi connectivity index (χ2n) is 3.93. The lowest BCUT2D eigenvalue weighted by molar-refractivity contribution is -0.121. The van der Waals surface area contributed by atoms with Crippen LogP contribution in [0.25, 0.3) is 0 Å². The Labute approximate surface area is 87.4 Å². The van der Waals surface area contributed by atoms with E-state index >= 15 is 0 Å². The van der Waals surface area contributed by atoms with Crippen molar-refractivity contribution in [2.45, 2.75) is 58.4 Å². The van der Waals surface area contributed by atoms with Crippen LogP contribution in [0.1, 0.15) is 52.4 Å². The van der Waals surface area contributed by atoms with Crippen LogP contribution in [-0.2, 0) is 4.79 Å². The van der Waals surface area contributed by atoms with E-state index in [1.165, 1.54) is 0 Å². The second-order valence-corrected chi connectivity index (χ2v) is 3.93. The number of hydrogen-bond donors (Lipinski definition) is 2. The summed E-state index contributed by atoms with van der Waals surface area (Å²) in [6, 6.07) is 0.243. The highest BCUT2D eigenvalue weighted by Crippen LogP contribution is 1.98. The minimum absolute atomic E-state index is 0.183. The summed E-state index contributed by atoms with van der Waals surface area (Å²) < 4.78 is 0. The van der Waals surface area contributed by atoms with Crippen molar-refractivity contribution in [2.24, 2.45) is 5.73 Å². The summed E-state index contributed by atoms with van der Waals surface area (Å²) in [5.41, 5.74) is 5.59. The maximum Gasteiger partial charge on any atom is 0.219 e. The van der Waals surface area contributed by atoms with Gasteiger partial charge in [0, 0.05) is 19.0 Å². The predicted molar refractivity (Wildman–Crippen MR) is 60.0 cm³/mol. The van der Waals surface area contributed by atoms with Gasteiger partial charge in [-0.25, -0.2) is 0 Å². The minimum Gasteiger partial charge on any atom is -0.356 e.